The first-order valence-corrected chi connectivity index (χ1v) is 11.7. The van der Waals surface area contributed by atoms with E-state index in [1.54, 1.807) is 30.3 Å². The van der Waals surface area contributed by atoms with Crippen molar-refractivity contribution in [1.82, 2.24) is 10.2 Å². The van der Waals surface area contributed by atoms with Crippen LogP contribution in [-0.2, 0) is 17.9 Å². The molecule has 36 heavy (non-hydrogen) atoms. The molecular formula is C26H22BrN3O6. The number of nitrogens with zero attached hydrogens (tertiary/aromatic N) is 2. The summed E-state index contributed by atoms with van der Waals surface area (Å²) in [7, 11) is 1.48. The summed E-state index contributed by atoms with van der Waals surface area (Å²) in [6.07, 6.45) is 1.56. The Kier molecular flexibility index (Phi) is 7.35. The lowest BCUT2D eigenvalue weighted by molar-refractivity contribution is -0.384. The normalized spacial score (nSPS) is 14.2. The van der Waals surface area contributed by atoms with Gasteiger partial charge in [0.1, 0.15) is 12.3 Å². The number of nitrogens with one attached hydrogen (secondary N) is 1. The summed E-state index contributed by atoms with van der Waals surface area (Å²) < 4.78 is 11.9. The predicted octanol–water partition coefficient (Wildman–Crippen LogP) is 5.35. The van der Waals surface area contributed by atoms with Crippen molar-refractivity contribution in [1.29, 1.82) is 0 Å². The van der Waals surface area contributed by atoms with Crippen molar-refractivity contribution < 1.29 is 24.0 Å². The maximum atomic E-state index is 12.9. The third kappa shape index (κ3) is 5.55. The Hall–Kier alpha value is -4.18. The van der Waals surface area contributed by atoms with Gasteiger partial charge in [-0.2, -0.15) is 0 Å². The van der Waals surface area contributed by atoms with E-state index in [-0.39, 0.29) is 24.5 Å². The summed E-state index contributed by atoms with van der Waals surface area (Å²) in [5.74, 6) is 0.363. The number of nitro groups is 1. The number of imide groups is 1. The van der Waals surface area contributed by atoms with Gasteiger partial charge in [-0.25, -0.2) is 4.79 Å². The molecule has 3 aromatic rings. The zero-order valence-electron chi connectivity index (χ0n) is 19.5. The number of nitro benzene ring substituents is 1. The van der Waals surface area contributed by atoms with Crippen molar-refractivity contribution in [2.45, 2.75) is 20.1 Å². The van der Waals surface area contributed by atoms with Gasteiger partial charge in [0.05, 0.1) is 18.6 Å². The highest BCUT2D eigenvalue weighted by Crippen LogP contribution is 2.35. The van der Waals surface area contributed by atoms with Gasteiger partial charge in [0.15, 0.2) is 11.5 Å². The molecule has 1 heterocycles. The van der Waals surface area contributed by atoms with E-state index in [1.807, 2.05) is 31.2 Å². The molecule has 0 atom stereocenters. The second kappa shape index (κ2) is 10.6. The van der Waals surface area contributed by atoms with Crippen molar-refractivity contribution in [3.8, 4) is 11.5 Å². The fraction of sp³-hybridized carbons (Fsp3) is 0.154. The molecule has 1 saturated heterocycles. The number of aryl methyl sites for hydroxylation is 1. The van der Waals surface area contributed by atoms with Crippen LogP contribution in [0.15, 0.2) is 70.8 Å². The van der Waals surface area contributed by atoms with E-state index in [4.69, 9.17) is 9.47 Å². The third-order valence-corrected chi connectivity index (χ3v) is 6.21. The minimum Gasteiger partial charge on any atom is -0.493 e. The molecule has 0 spiro atoms. The first kappa shape index (κ1) is 24.9. The Morgan fingerprint density at radius 1 is 1.06 bits per heavy atom. The Bertz CT molecular complexity index is 1370. The van der Waals surface area contributed by atoms with Crippen LogP contribution in [0.3, 0.4) is 0 Å². The van der Waals surface area contributed by atoms with E-state index >= 15 is 0 Å². The molecule has 10 heteroatoms. The van der Waals surface area contributed by atoms with Gasteiger partial charge in [0, 0.05) is 16.6 Å². The summed E-state index contributed by atoms with van der Waals surface area (Å²) in [6, 6.07) is 16.6. The fourth-order valence-electron chi connectivity index (χ4n) is 3.60. The largest absolute Gasteiger partial charge is 0.493 e. The fourth-order valence-corrected chi connectivity index (χ4v) is 4.04. The lowest BCUT2D eigenvalue weighted by Crippen LogP contribution is -2.30. The summed E-state index contributed by atoms with van der Waals surface area (Å²) in [4.78, 5) is 37.1. The van der Waals surface area contributed by atoms with E-state index in [0.29, 0.717) is 27.1 Å². The molecule has 3 aromatic carbocycles. The molecule has 3 amide bonds. The topological polar surface area (TPSA) is 111 Å². The van der Waals surface area contributed by atoms with Crippen LogP contribution >= 0.6 is 15.9 Å². The van der Waals surface area contributed by atoms with Crippen LogP contribution in [0.25, 0.3) is 6.08 Å². The van der Waals surface area contributed by atoms with Gasteiger partial charge in [0.2, 0.25) is 0 Å². The van der Waals surface area contributed by atoms with E-state index in [0.717, 1.165) is 16.0 Å². The molecule has 1 aliphatic rings. The standard InChI is InChI=1S/C26H22BrN3O6/c1-16-6-8-17(9-7-16)14-29-25(31)22(28-26(29)32)11-19-12-23(35-2)24(13-21(19)27)36-15-18-4-3-5-20(10-18)30(33)34/h3-13H,14-15H2,1-2H3,(H,28,32)/b22-11+. The van der Waals surface area contributed by atoms with Crippen LogP contribution in [0.4, 0.5) is 10.5 Å². The van der Waals surface area contributed by atoms with Crippen LogP contribution in [0.2, 0.25) is 0 Å². The van der Waals surface area contributed by atoms with E-state index < -0.39 is 16.9 Å². The first-order valence-electron chi connectivity index (χ1n) is 10.9. The Morgan fingerprint density at radius 2 is 1.81 bits per heavy atom. The minimum absolute atomic E-state index is 0.0223. The number of rotatable bonds is 8. The molecule has 0 radical (unpaired) electrons. The lowest BCUT2D eigenvalue weighted by Gasteiger charge is -2.13. The van der Waals surface area contributed by atoms with Gasteiger partial charge in [-0.05, 0) is 41.8 Å². The van der Waals surface area contributed by atoms with Gasteiger partial charge < -0.3 is 14.8 Å². The molecule has 0 bridgehead atoms. The van der Waals surface area contributed by atoms with Gasteiger partial charge in [0.25, 0.3) is 11.6 Å². The lowest BCUT2D eigenvalue weighted by atomic mass is 10.1. The second-order valence-electron chi connectivity index (χ2n) is 8.11. The smallest absolute Gasteiger partial charge is 0.329 e. The van der Waals surface area contributed by atoms with Crippen molar-refractivity contribution in [2.24, 2.45) is 0 Å². The molecule has 1 aliphatic heterocycles. The van der Waals surface area contributed by atoms with Crippen molar-refractivity contribution in [3.05, 3.63) is 103 Å². The number of non-ortho nitro benzene ring substituents is 1. The number of urea groups is 1. The molecule has 9 nitrogen and oxygen atoms in total. The average Bonchev–Trinajstić information content (AvgIpc) is 3.12. The van der Waals surface area contributed by atoms with E-state index in [2.05, 4.69) is 21.2 Å². The molecular weight excluding hydrogens is 530 g/mol. The average molecular weight is 552 g/mol. The highest BCUT2D eigenvalue weighted by molar-refractivity contribution is 9.10. The van der Waals surface area contributed by atoms with Crippen molar-refractivity contribution >= 4 is 39.6 Å². The summed E-state index contributed by atoms with van der Waals surface area (Å²) >= 11 is 3.48. The molecule has 0 aliphatic carbocycles. The van der Waals surface area contributed by atoms with Gasteiger partial charge in [-0.3, -0.25) is 19.8 Å². The molecule has 0 aromatic heterocycles. The maximum Gasteiger partial charge on any atom is 0.329 e. The third-order valence-electron chi connectivity index (χ3n) is 5.52. The monoisotopic (exact) mass is 551 g/mol. The first-order chi connectivity index (χ1) is 17.2. The molecule has 1 fully saturated rings. The van der Waals surface area contributed by atoms with E-state index in [1.165, 1.54) is 19.2 Å². The van der Waals surface area contributed by atoms with Crippen LogP contribution in [0.1, 0.15) is 22.3 Å². The number of halogens is 1. The van der Waals surface area contributed by atoms with Gasteiger partial charge in [-0.15, -0.1) is 0 Å². The zero-order valence-corrected chi connectivity index (χ0v) is 21.1. The van der Waals surface area contributed by atoms with E-state index in [9.17, 15) is 19.7 Å². The van der Waals surface area contributed by atoms with Crippen LogP contribution in [0, 0.1) is 17.0 Å². The zero-order chi connectivity index (χ0) is 25.8. The number of hydrogen-bond donors (Lipinski definition) is 1. The Labute approximate surface area is 215 Å². The molecule has 0 saturated carbocycles. The number of ether oxygens (including phenoxy) is 2. The number of carbonyl (C=O) groups excluding carboxylic acids is 2. The number of methoxy groups -OCH3 is 1. The quantitative estimate of drug-likeness (QED) is 0.175. The SMILES string of the molecule is COc1cc(/C=C2/NC(=O)N(Cc3ccc(C)cc3)C2=O)c(Br)cc1OCc1cccc([N+](=O)[O-])c1. The van der Waals surface area contributed by atoms with Crippen LogP contribution in [-0.4, -0.2) is 28.9 Å². The van der Waals surface area contributed by atoms with Crippen molar-refractivity contribution in [2.75, 3.05) is 7.11 Å². The second-order valence-corrected chi connectivity index (χ2v) is 8.96. The van der Waals surface area contributed by atoms with Crippen LogP contribution in [0.5, 0.6) is 11.5 Å². The summed E-state index contributed by atoms with van der Waals surface area (Å²) in [5.41, 5.74) is 3.27. The number of benzene rings is 3. The molecule has 184 valence electrons. The Morgan fingerprint density at radius 3 is 2.50 bits per heavy atom. The maximum absolute atomic E-state index is 12.9. The molecule has 4 rings (SSSR count). The highest BCUT2D eigenvalue weighted by Gasteiger charge is 2.33. The number of carbonyl (C=O) groups is 2. The Balaban J connectivity index is 1.52. The van der Waals surface area contributed by atoms with Crippen LogP contribution < -0.4 is 14.8 Å². The molecule has 0 unspecified atom stereocenters. The van der Waals surface area contributed by atoms with Gasteiger partial charge >= 0.3 is 6.03 Å². The minimum atomic E-state index is -0.494. The summed E-state index contributed by atoms with van der Waals surface area (Å²) in [6.45, 7) is 2.22. The summed E-state index contributed by atoms with van der Waals surface area (Å²) in [5, 5.41) is 13.6. The number of hydrogen-bond acceptors (Lipinski definition) is 6. The van der Waals surface area contributed by atoms with Gasteiger partial charge in [-0.1, -0.05) is 57.9 Å². The predicted molar refractivity (Wildman–Crippen MR) is 136 cm³/mol. The highest BCUT2D eigenvalue weighted by atomic mass is 79.9. The number of amides is 3. The molecule has 1 N–H and O–H groups in total. The van der Waals surface area contributed by atoms with Crippen molar-refractivity contribution in [3.63, 3.8) is 0 Å².